The van der Waals surface area contributed by atoms with Crippen molar-refractivity contribution in [2.75, 3.05) is 20.6 Å². The Morgan fingerprint density at radius 3 is 2.43 bits per heavy atom. The lowest BCUT2D eigenvalue weighted by atomic mass is 9.94. The Labute approximate surface area is 86.7 Å². The van der Waals surface area contributed by atoms with Gasteiger partial charge in [-0.1, -0.05) is 6.42 Å². The van der Waals surface area contributed by atoms with E-state index in [1.54, 1.807) is 25.3 Å². The van der Waals surface area contributed by atoms with E-state index >= 15 is 0 Å². The van der Waals surface area contributed by atoms with Crippen LogP contribution >= 0.6 is 0 Å². The average molecular weight is 220 g/mol. The predicted molar refractivity (Wildman–Crippen MR) is 57.7 cm³/mol. The Morgan fingerprint density at radius 1 is 1.50 bits per heavy atom. The minimum Gasteiger partial charge on any atom is -0.318 e. The van der Waals surface area contributed by atoms with Gasteiger partial charge in [-0.2, -0.15) is 0 Å². The summed E-state index contributed by atoms with van der Waals surface area (Å²) in [4.78, 5) is 0. The first-order chi connectivity index (χ1) is 6.50. The number of nitrogens with zero attached hydrogens (tertiary/aromatic N) is 1. The molecule has 1 N–H and O–H groups in total. The second kappa shape index (κ2) is 4.59. The lowest BCUT2D eigenvalue weighted by molar-refractivity contribution is 0.248. The highest BCUT2D eigenvalue weighted by atomic mass is 32.2. The number of nitrogens with one attached hydrogen (secondary N) is 1. The molecule has 14 heavy (non-hydrogen) atoms. The Kier molecular flexibility index (Phi) is 3.92. The second-order valence-corrected chi connectivity index (χ2v) is 6.42. The molecular formula is C9H20N2O2S. The van der Waals surface area contributed by atoms with Crippen LogP contribution in [-0.4, -0.2) is 44.7 Å². The predicted octanol–water partition coefficient (Wildman–Crippen LogP) is 0.408. The van der Waals surface area contributed by atoms with Crippen molar-refractivity contribution in [2.45, 2.75) is 37.5 Å². The lowest BCUT2D eigenvalue weighted by Crippen LogP contribution is -2.46. The molecule has 0 amide bonds. The third-order valence-electron chi connectivity index (χ3n) is 2.99. The van der Waals surface area contributed by atoms with Crippen molar-refractivity contribution in [3.8, 4) is 0 Å². The molecule has 0 saturated heterocycles. The largest absolute Gasteiger partial charge is 0.318 e. The van der Waals surface area contributed by atoms with Gasteiger partial charge in [0, 0.05) is 19.6 Å². The van der Waals surface area contributed by atoms with E-state index in [9.17, 15) is 8.42 Å². The van der Waals surface area contributed by atoms with Crippen LogP contribution in [0.2, 0.25) is 0 Å². The maximum Gasteiger partial charge on any atom is 0.217 e. The molecule has 1 aliphatic rings. The van der Waals surface area contributed by atoms with Gasteiger partial charge in [-0.15, -0.1) is 0 Å². The SMILES string of the molecule is CNCC(C)S(=O)(=O)N(C)C1CCC1. The van der Waals surface area contributed by atoms with Gasteiger partial charge in [-0.3, -0.25) is 0 Å². The summed E-state index contributed by atoms with van der Waals surface area (Å²) in [6.07, 6.45) is 3.19. The van der Waals surface area contributed by atoms with Crippen LogP contribution in [0.1, 0.15) is 26.2 Å². The van der Waals surface area contributed by atoms with E-state index in [4.69, 9.17) is 0 Å². The first-order valence-corrected chi connectivity index (χ1v) is 6.62. The zero-order chi connectivity index (χ0) is 10.8. The van der Waals surface area contributed by atoms with Crippen LogP contribution in [0.3, 0.4) is 0 Å². The van der Waals surface area contributed by atoms with Crippen molar-refractivity contribution in [1.29, 1.82) is 0 Å². The number of hydrogen-bond donors (Lipinski definition) is 1. The quantitative estimate of drug-likeness (QED) is 0.730. The van der Waals surface area contributed by atoms with E-state index < -0.39 is 10.0 Å². The summed E-state index contributed by atoms with van der Waals surface area (Å²) in [5.41, 5.74) is 0. The van der Waals surface area contributed by atoms with Crippen LogP contribution < -0.4 is 5.32 Å². The molecule has 0 aliphatic heterocycles. The normalized spacial score (nSPS) is 20.9. The van der Waals surface area contributed by atoms with Gasteiger partial charge in [0.2, 0.25) is 10.0 Å². The molecule has 0 heterocycles. The van der Waals surface area contributed by atoms with Gasteiger partial charge in [0.1, 0.15) is 0 Å². The molecule has 0 bridgehead atoms. The first kappa shape index (κ1) is 11.9. The van der Waals surface area contributed by atoms with Gasteiger partial charge in [-0.25, -0.2) is 12.7 Å². The molecule has 84 valence electrons. The lowest BCUT2D eigenvalue weighted by Gasteiger charge is -2.35. The van der Waals surface area contributed by atoms with Crippen LogP contribution in [0.5, 0.6) is 0 Å². The molecule has 0 aromatic rings. The van der Waals surface area contributed by atoms with Gasteiger partial charge >= 0.3 is 0 Å². The summed E-state index contributed by atoms with van der Waals surface area (Å²) in [5.74, 6) is 0. The fourth-order valence-electron chi connectivity index (χ4n) is 1.63. The van der Waals surface area contributed by atoms with Crippen molar-refractivity contribution in [1.82, 2.24) is 9.62 Å². The zero-order valence-corrected chi connectivity index (χ0v) is 9.97. The molecule has 1 rings (SSSR count). The number of sulfonamides is 1. The highest BCUT2D eigenvalue weighted by molar-refractivity contribution is 7.89. The summed E-state index contributed by atoms with van der Waals surface area (Å²) in [6, 6.07) is 0.249. The third-order valence-corrected chi connectivity index (χ3v) is 5.27. The fourth-order valence-corrected chi connectivity index (χ4v) is 3.21. The number of hydrogen-bond acceptors (Lipinski definition) is 3. The smallest absolute Gasteiger partial charge is 0.217 e. The van der Waals surface area contributed by atoms with Gasteiger partial charge in [-0.05, 0) is 26.8 Å². The van der Waals surface area contributed by atoms with Crippen LogP contribution in [0.15, 0.2) is 0 Å². The molecule has 1 unspecified atom stereocenters. The van der Waals surface area contributed by atoms with E-state index in [-0.39, 0.29) is 11.3 Å². The highest BCUT2D eigenvalue weighted by Gasteiger charge is 2.33. The minimum absolute atomic E-state index is 0.249. The Balaban J connectivity index is 2.62. The van der Waals surface area contributed by atoms with Crippen LogP contribution in [-0.2, 0) is 10.0 Å². The van der Waals surface area contributed by atoms with Gasteiger partial charge in [0.05, 0.1) is 5.25 Å². The molecule has 1 aliphatic carbocycles. The minimum atomic E-state index is -3.09. The van der Waals surface area contributed by atoms with Crippen molar-refractivity contribution in [3.63, 3.8) is 0 Å². The molecule has 1 fully saturated rings. The Morgan fingerprint density at radius 2 is 2.07 bits per heavy atom. The van der Waals surface area contributed by atoms with E-state index in [0.717, 1.165) is 19.3 Å². The van der Waals surface area contributed by atoms with Gasteiger partial charge in [0.15, 0.2) is 0 Å². The second-order valence-electron chi connectivity index (χ2n) is 4.01. The van der Waals surface area contributed by atoms with Gasteiger partial charge in [0.25, 0.3) is 0 Å². The van der Waals surface area contributed by atoms with Gasteiger partial charge < -0.3 is 5.32 Å². The number of rotatable bonds is 5. The zero-order valence-electron chi connectivity index (χ0n) is 9.16. The van der Waals surface area contributed by atoms with Crippen molar-refractivity contribution >= 4 is 10.0 Å². The molecule has 0 radical (unpaired) electrons. The summed E-state index contributed by atoms with van der Waals surface area (Å²) < 4.78 is 25.4. The van der Waals surface area contributed by atoms with Crippen LogP contribution in [0.25, 0.3) is 0 Å². The molecule has 0 aromatic heterocycles. The average Bonchev–Trinajstić information content (AvgIpc) is 2.01. The Hall–Kier alpha value is -0.130. The van der Waals surface area contributed by atoms with Crippen LogP contribution in [0, 0.1) is 0 Å². The van der Waals surface area contributed by atoms with Crippen molar-refractivity contribution in [3.05, 3.63) is 0 Å². The van der Waals surface area contributed by atoms with Crippen LogP contribution in [0.4, 0.5) is 0 Å². The van der Waals surface area contributed by atoms with E-state index in [2.05, 4.69) is 5.32 Å². The fraction of sp³-hybridized carbons (Fsp3) is 1.00. The standard InChI is InChI=1S/C9H20N2O2S/c1-8(7-10-2)14(12,13)11(3)9-5-4-6-9/h8-10H,4-7H2,1-3H3. The highest BCUT2D eigenvalue weighted by Crippen LogP contribution is 2.26. The molecule has 5 heteroatoms. The molecule has 1 saturated carbocycles. The first-order valence-electron chi connectivity index (χ1n) is 5.11. The third kappa shape index (κ3) is 2.27. The van der Waals surface area contributed by atoms with E-state index in [0.29, 0.717) is 6.54 Å². The molecule has 4 nitrogen and oxygen atoms in total. The molecule has 1 atom stereocenters. The maximum absolute atomic E-state index is 11.9. The maximum atomic E-state index is 11.9. The summed E-state index contributed by atoms with van der Waals surface area (Å²) in [6.45, 7) is 2.26. The van der Waals surface area contributed by atoms with E-state index in [1.807, 2.05) is 0 Å². The molecular weight excluding hydrogens is 200 g/mol. The summed E-state index contributed by atoms with van der Waals surface area (Å²) in [5, 5.41) is 2.56. The monoisotopic (exact) mass is 220 g/mol. The van der Waals surface area contributed by atoms with Crippen molar-refractivity contribution in [2.24, 2.45) is 0 Å². The summed E-state index contributed by atoms with van der Waals surface area (Å²) >= 11 is 0. The molecule has 0 aromatic carbocycles. The summed E-state index contributed by atoms with van der Waals surface area (Å²) in [7, 11) is 0.383. The van der Waals surface area contributed by atoms with Crippen molar-refractivity contribution < 1.29 is 8.42 Å². The van der Waals surface area contributed by atoms with E-state index in [1.165, 1.54) is 0 Å². The topological polar surface area (TPSA) is 49.4 Å². The molecule has 0 spiro atoms. The Bertz CT molecular complexity index is 273.